The molecule has 0 saturated carbocycles. The molecule has 0 bridgehead atoms. The van der Waals surface area contributed by atoms with Crippen LogP contribution < -0.4 is 10.3 Å². The van der Waals surface area contributed by atoms with Crippen LogP contribution in [0.3, 0.4) is 0 Å². The van der Waals surface area contributed by atoms with Crippen LogP contribution in [0, 0.1) is 10.1 Å². The standard InChI is InChI=1S/C20H18N4O6/c1-30-15-5-2-13(3-6-15)23-18(12-8-9-22(11-12)20(26)27)21-17-7-4-14(24(28)29)10-16(17)19(23)25/h2-7,10,12H,8-9,11H2,1H3,(H,26,27)/t12-/m0/s1. The number of carboxylic acid groups (broad SMARTS) is 1. The number of aromatic nitrogens is 2. The Hall–Kier alpha value is -3.95. The Morgan fingerprint density at radius 2 is 2.00 bits per heavy atom. The third kappa shape index (κ3) is 3.32. The molecular weight excluding hydrogens is 392 g/mol. The van der Waals surface area contributed by atoms with E-state index in [1.54, 1.807) is 24.3 Å². The highest BCUT2D eigenvalue weighted by Gasteiger charge is 2.31. The molecule has 1 aliphatic rings. The summed E-state index contributed by atoms with van der Waals surface area (Å²) in [6, 6.07) is 10.7. The molecule has 1 atom stereocenters. The van der Waals surface area contributed by atoms with Crippen molar-refractivity contribution in [3.63, 3.8) is 0 Å². The van der Waals surface area contributed by atoms with Gasteiger partial charge in [0.2, 0.25) is 0 Å². The number of benzene rings is 2. The maximum Gasteiger partial charge on any atom is 0.407 e. The van der Waals surface area contributed by atoms with Gasteiger partial charge in [-0.3, -0.25) is 19.5 Å². The number of hydrogen-bond donors (Lipinski definition) is 1. The number of non-ortho nitro benzene ring substituents is 1. The summed E-state index contributed by atoms with van der Waals surface area (Å²) in [6.45, 7) is 0.563. The maximum absolute atomic E-state index is 13.4. The molecular formula is C20H18N4O6. The fraction of sp³-hybridized carbons (Fsp3) is 0.250. The van der Waals surface area contributed by atoms with Crippen molar-refractivity contribution >= 4 is 22.7 Å². The van der Waals surface area contributed by atoms with Crippen molar-refractivity contribution < 1.29 is 19.6 Å². The Kier molecular flexibility index (Phi) is 4.82. The average Bonchev–Trinajstić information content (AvgIpc) is 3.24. The molecule has 0 radical (unpaired) electrons. The second-order valence-electron chi connectivity index (χ2n) is 6.98. The summed E-state index contributed by atoms with van der Waals surface area (Å²) < 4.78 is 6.57. The third-order valence-corrected chi connectivity index (χ3v) is 5.24. The van der Waals surface area contributed by atoms with Crippen LogP contribution in [-0.2, 0) is 0 Å². The van der Waals surface area contributed by atoms with Crippen LogP contribution in [0.15, 0.2) is 47.3 Å². The smallest absolute Gasteiger partial charge is 0.407 e. The van der Waals surface area contributed by atoms with Crippen molar-refractivity contribution in [3.8, 4) is 11.4 Å². The van der Waals surface area contributed by atoms with Gasteiger partial charge >= 0.3 is 6.09 Å². The summed E-state index contributed by atoms with van der Waals surface area (Å²) in [7, 11) is 1.53. The van der Waals surface area contributed by atoms with Gasteiger partial charge in [-0.1, -0.05) is 0 Å². The highest BCUT2D eigenvalue weighted by molar-refractivity contribution is 5.80. The molecule has 1 amide bonds. The quantitative estimate of drug-likeness (QED) is 0.517. The molecule has 4 rings (SSSR count). The Morgan fingerprint density at radius 1 is 1.27 bits per heavy atom. The van der Waals surface area contributed by atoms with Crippen LogP contribution in [0.4, 0.5) is 10.5 Å². The number of likely N-dealkylation sites (tertiary alicyclic amines) is 1. The number of methoxy groups -OCH3 is 1. The van der Waals surface area contributed by atoms with E-state index in [0.29, 0.717) is 35.7 Å². The number of nitro groups is 1. The molecule has 0 unspecified atom stereocenters. The fourth-order valence-corrected chi connectivity index (χ4v) is 3.70. The van der Waals surface area contributed by atoms with Crippen LogP contribution >= 0.6 is 0 Å². The van der Waals surface area contributed by atoms with Gasteiger partial charge in [0.05, 0.1) is 28.6 Å². The first-order valence-corrected chi connectivity index (χ1v) is 9.22. The Balaban J connectivity index is 1.94. The van der Waals surface area contributed by atoms with E-state index in [4.69, 9.17) is 4.74 Å². The largest absolute Gasteiger partial charge is 0.497 e. The van der Waals surface area contributed by atoms with Gasteiger partial charge in [-0.25, -0.2) is 9.78 Å². The van der Waals surface area contributed by atoms with Crippen LogP contribution in [0.1, 0.15) is 18.2 Å². The molecule has 1 saturated heterocycles. The van der Waals surface area contributed by atoms with E-state index in [-0.39, 0.29) is 23.5 Å². The van der Waals surface area contributed by atoms with E-state index in [9.17, 15) is 24.8 Å². The molecule has 1 fully saturated rings. The summed E-state index contributed by atoms with van der Waals surface area (Å²) in [5, 5.41) is 20.6. The summed E-state index contributed by atoms with van der Waals surface area (Å²) in [4.78, 5) is 41.2. The zero-order chi connectivity index (χ0) is 21.4. The lowest BCUT2D eigenvalue weighted by Crippen LogP contribution is -2.29. The number of nitro benzene ring substituents is 1. The zero-order valence-corrected chi connectivity index (χ0v) is 16.0. The van der Waals surface area contributed by atoms with Gasteiger partial charge in [-0.2, -0.15) is 0 Å². The average molecular weight is 410 g/mol. The summed E-state index contributed by atoms with van der Waals surface area (Å²) in [6.07, 6.45) is -0.500. The number of hydrogen-bond acceptors (Lipinski definition) is 6. The van der Waals surface area contributed by atoms with E-state index in [1.807, 2.05) is 0 Å². The first-order chi connectivity index (χ1) is 14.4. The summed E-state index contributed by atoms with van der Waals surface area (Å²) in [5.41, 5.74) is 0.204. The molecule has 1 aromatic heterocycles. The van der Waals surface area contributed by atoms with Gasteiger partial charge in [-0.05, 0) is 36.8 Å². The van der Waals surface area contributed by atoms with E-state index in [0.717, 1.165) is 0 Å². The molecule has 0 spiro atoms. The number of nitrogens with zero attached hydrogens (tertiary/aromatic N) is 4. The number of fused-ring (bicyclic) bond motifs is 1. The van der Waals surface area contributed by atoms with Crippen molar-refractivity contribution in [2.75, 3.05) is 20.2 Å². The minimum absolute atomic E-state index is 0.122. The van der Waals surface area contributed by atoms with E-state index >= 15 is 0 Å². The van der Waals surface area contributed by atoms with Crippen molar-refractivity contribution in [2.45, 2.75) is 12.3 Å². The second-order valence-corrected chi connectivity index (χ2v) is 6.98. The predicted octanol–water partition coefficient (Wildman–Crippen LogP) is 2.77. The van der Waals surface area contributed by atoms with E-state index in [1.165, 1.54) is 34.8 Å². The maximum atomic E-state index is 13.4. The molecule has 2 aromatic carbocycles. The molecule has 2 heterocycles. The lowest BCUT2D eigenvalue weighted by Gasteiger charge is -2.18. The van der Waals surface area contributed by atoms with Gasteiger partial charge < -0.3 is 14.7 Å². The molecule has 0 aliphatic carbocycles. The van der Waals surface area contributed by atoms with Gasteiger partial charge in [0.1, 0.15) is 11.6 Å². The molecule has 10 nitrogen and oxygen atoms in total. The lowest BCUT2D eigenvalue weighted by atomic mass is 10.1. The Labute approximate surface area is 170 Å². The van der Waals surface area contributed by atoms with Crippen LogP contribution in [0.2, 0.25) is 0 Å². The highest BCUT2D eigenvalue weighted by atomic mass is 16.6. The zero-order valence-electron chi connectivity index (χ0n) is 16.0. The number of amides is 1. The van der Waals surface area contributed by atoms with E-state index < -0.39 is 16.6 Å². The highest BCUT2D eigenvalue weighted by Crippen LogP contribution is 2.29. The third-order valence-electron chi connectivity index (χ3n) is 5.24. The van der Waals surface area contributed by atoms with Crippen molar-refractivity contribution in [3.05, 3.63) is 68.8 Å². The van der Waals surface area contributed by atoms with E-state index in [2.05, 4.69) is 4.98 Å². The van der Waals surface area contributed by atoms with Crippen molar-refractivity contribution in [1.82, 2.24) is 14.5 Å². The SMILES string of the molecule is COc1ccc(-n2c([C@H]3CCN(C(=O)O)C3)nc3ccc([N+](=O)[O-])cc3c2=O)cc1. The van der Waals surface area contributed by atoms with Crippen molar-refractivity contribution in [2.24, 2.45) is 0 Å². The summed E-state index contributed by atoms with van der Waals surface area (Å²) in [5.74, 6) is 0.751. The molecule has 154 valence electrons. The minimum Gasteiger partial charge on any atom is -0.497 e. The topological polar surface area (TPSA) is 128 Å². The van der Waals surface area contributed by atoms with Crippen LogP contribution in [0.5, 0.6) is 5.75 Å². The predicted molar refractivity (Wildman–Crippen MR) is 108 cm³/mol. The molecule has 10 heteroatoms. The van der Waals surface area contributed by atoms with Crippen LogP contribution in [0.25, 0.3) is 16.6 Å². The van der Waals surface area contributed by atoms with Crippen LogP contribution in [-0.4, -0.2) is 50.8 Å². The number of ether oxygens (including phenoxy) is 1. The molecule has 3 aromatic rings. The lowest BCUT2D eigenvalue weighted by molar-refractivity contribution is -0.384. The fourth-order valence-electron chi connectivity index (χ4n) is 3.70. The van der Waals surface area contributed by atoms with Gasteiger partial charge in [0.25, 0.3) is 11.2 Å². The van der Waals surface area contributed by atoms with Gasteiger partial charge in [0.15, 0.2) is 0 Å². The second kappa shape index (κ2) is 7.47. The van der Waals surface area contributed by atoms with Gasteiger partial charge in [-0.15, -0.1) is 0 Å². The van der Waals surface area contributed by atoms with Crippen molar-refractivity contribution in [1.29, 1.82) is 0 Å². The number of carbonyl (C=O) groups is 1. The summed E-state index contributed by atoms with van der Waals surface area (Å²) >= 11 is 0. The first-order valence-electron chi connectivity index (χ1n) is 9.22. The molecule has 1 N–H and O–H groups in total. The number of rotatable bonds is 4. The minimum atomic E-state index is -1.02. The molecule has 30 heavy (non-hydrogen) atoms. The molecule has 1 aliphatic heterocycles. The Bertz CT molecular complexity index is 1200. The van der Waals surface area contributed by atoms with Gasteiger partial charge in [0, 0.05) is 31.1 Å². The first kappa shape index (κ1) is 19.4. The monoisotopic (exact) mass is 410 g/mol. The Morgan fingerprint density at radius 3 is 2.60 bits per heavy atom. The normalized spacial score (nSPS) is 16.0.